The second kappa shape index (κ2) is 7.57. The second-order valence-corrected chi connectivity index (χ2v) is 6.17. The van der Waals surface area contributed by atoms with Crippen molar-refractivity contribution in [1.82, 2.24) is 0 Å². The van der Waals surface area contributed by atoms with Crippen LogP contribution in [0.4, 0.5) is 0 Å². The number of carbonyl (C=O) groups excluding carboxylic acids is 1. The predicted octanol–water partition coefficient (Wildman–Crippen LogP) is 5.32. The summed E-state index contributed by atoms with van der Waals surface area (Å²) in [6.07, 6.45) is 1.84. The van der Waals surface area contributed by atoms with Crippen LogP contribution in [0.3, 0.4) is 0 Å². The average molecular weight is 410 g/mol. The lowest BCUT2D eigenvalue weighted by Gasteiger charge is -2.08. The lowest BCUT2D eigenvalue weighted by atomic mass is 10.0. The summed E-state index contributed by atoms with van der Waals surface area (Å²) in [5, 5.41) is 0. The maximum Gasteiger partial charge on any atom is 0.338 e. The van der Waals surface area contributed by atoms with Crippen LogP contribution in [0.5, 0.6) is 0 Å². The molecule has 0 saturated heterocycles. The molecule has 0 spiro atoms. The first-order valence-corrected chi connectivity index (χ1v) is 8.09. The van der Waals surface area contributed by atoms with E-state index in [9.17, 15) is 4.79 Å². The van der Waals surface area contributed by atoms with Crippen molar-refractivity contribution in [2.45, 2.75) is 6.92 Å². The third-order valence-electron chi connectivity index (χ3n) is 2.83. The minimum absolute atomic E-state index is 0.317. The van der Waals surface area contributed by atoms with E-state index in [1.54, 1.807) is 6.92 Å². The Morgan fingerprint density at radius 3 is 2.05 bits per heavy atom. The van der Waals surface area contributed by atoms with Crippen molar-refractivity contribution in [3.63, 3.8) is 0 Å². The highest BCUT2D eigenvalue weighted by Crippen LogP contribution is 2.23. The maximum atomic E-state index is 12.2. The molecule has 21 heavy (non-hydrogen) atoms. The smallest absolute Gasteiger partial charge is 0.338 e. The number of carbonyl (C=O) groups is 1. The predicted molar refractivity (Wildman–Crippen MR) is 92.8 cm³/mol. The Labute approximate surface area is 141 Å². The van der Waals surface area contributed by atoms with Gasteiger partial charge in [0.15, 0.2) is 0 Å². The highest BCUT2D eigenvalue weighted by Gasteiger charge is 2.13. The van der Waals surface area contributed by atoms with Crippen molar-refractivity contribution in [2.75, 3.05) is 6.61 Å². The van der Waals surface area contributed by atoms with Gasteiger partial charge in [0.2, 0.25) is 0 Å². The molecule has 0 radical (unpaired) electrons. The lowest BCUT2D eigenvalue weighted by Crippen LogP contribution is -2.06. The minimum Gasteiger partial charge on any atom is -0.462 e. The summed E-state index contributed by atoms with van der Waals surface area (Å²) in [6, 6.07) is 15.4. The molecule has 2 aromatic carbocycles. The molecule has 0 aliphatic rings. The van der Waals surface area contributed by atoms with Crippen molar-refractivity contribution in [3.8, 4) is 0 Å². The molecule has 0 fully saturated rings. The molecule has 0 amide bonds. The zero-order valence-corrected chi connectivity index (χ0v) is 14.6. The van der Waals surface area contributed by atoms with Crippen molar-refractivity contribution < 1.29 is 9.53 Å². The first-order valence-electron chi connectivity index (χ1n) is 6.50. The van der Waals surface area contributed by atoms with Crippen LogP contribution in [0.15, 0.2) is 57.5 Å². The third kappa shape index (κ3) is 4.55. The van der Waals surface area contributed by atoms with Gasteiger partial charge in [0, 0.05) is 8.95 Å². The van der Waals surface area contributed by atoms with Gasteiger partial charge in [0.25, 0.3) is 0 Å². The highest BCUT2D eigenvalue weighted by atomic mass is 79.9. The van der Waals surface area contributed by atoms with E-state index in [0.29, 0.717) is 12.2 Å². The molecule has 0 N–H and O–H groups in total. The number of hydrogen-bond donors (Lipinski definition) is 0. The molecule has 0 aliphatic carbocycles. The number of hydrogen-bond acceptors (Lipinski definition) is 2. The topological polar surface area (TPSA) is 26.3 Å². The van der Waals surface area contributed by atoms with Gasteiger partial charge in [0.1, 0.15) is 0 Å². The van der Waals surface area contributed by atoms with Crippen LogP contribution >= 0.6 is 31.9 Å². The quantitative estimate of drug-likeness (QED) is 0.388. The summed E-state index contributed by atoms with van der Waals surface area (Å²) in [6.45, 7) is 2.16. The number of esters is 1. The van der Waals surface area contributed by atoms with Crippen LogP contribution in [0, 0.1) is 0 Å². The summed E-state index contributed by atoms with van der Waals surface area (Å²) in [4.78, 5) is 12.2. The zero-order chi connectivity index (χ0) is 15.2. The Morgan fingerprint density at radius 1 is 1.00 bits per heavy atom. The van der Waals surface area contributed by atoms with Crippen molar-refractivity contribution >= 4 is 49.5 Å². The molecule has 2 aromatic rings. The van der Waals surface area contributed by atoms with E-state index in [1.165, 1.54) is 0 Å². The molecule has 0 saturated carbocycles. The van der Waals surface area contributed by atoms with E-state index in [-0.39, 0.29) is 5.97 Å². The molecular weight excluding hydrogens is 396 g/mol. The van der Waals surface area contributed by atoms with Crippen molar-refractivity contribution in [1.29, 1.82) is 0 Å². The molecule has 4 heteroatoms. The van der Waals surface area contributed by atoms with Crippen LogP contribution in [0.2, 0.25) is 0 Å². The van der Waals surface area contributed by atoms with Crippen molar-refractivity contribution in [3.05, 3.63) is 68.6 Å². The fraction of sp³-hybridized carbons (Fsp3) is 0.118. The fourth-order valence-corrected chi connectivity index (χ4v) is 2.35. The zero-order valence-electron chi connectivity index (χ0n) is 11.5. The van der Waals surface area contributed by atoms with E-state index in [0.717, 1.165) is 20.1 Å². The van der Waals surface area contributed by atoms with Gasteiger partial charge in [-0.3, -0.25) is 0 Å². The Bertz CT molecular complexity index is 643. The SMILES string of the molecule is CCOC(=O)C(=Cc1ccc(Br)cc1)c1ccc(Br)cc1. The maximum absolute atomic E-state index is 12.2. The molecule has 0 bridgehead atoms. The van der Waals surface area contributed by atoms with E-state index in [4.69, 9.17) is 4.74 Å². The second-order valence-electron chi connectivity index (χ2n) is 4.34. The third-order valence-corrected chi connectivity index (χ3v) is 3.89. The molecule has 0 unspecified atom stereocenters. The number of halogens is 2. The standard InChI is InChI=1S/C17H14Br2O2/c1-2-21-17(20)16(13-5-9-15(19)10-6-13)11-12-3-7-14(18)8-4-12/h3-11H,2H2,1H3. The molecule has 0 aliphatic heterocycles. The van der Waals surface area contributed by atoms with Gasteiger partial charge in [-0.25, -0.2) is 4.79 Å². The largest absolute Gasteiger partial charge is 0.462 e. The summed E-state index contributed by atoms with van der Waals surface area (Å²) >= 11 is 6.80. The van der Waals surface area contributed by atoms with Gasteiger partial charge in [0.05, 0.1) is 12.2 Å². The average Bonchev–Trinajstić information content (AvgIpc) is 2.48. The molecule has 2 nitrogen and oxygen atoms in total. The van der Waals surface area contributed by atoms with E-state index < -0.39 is 0 Å². The van der Waals surface area contributed by atoms with Gasteiger partial charge in [-0.15, -0.1) is 0 Å². The molecule has 0 atom stereocenters. The molecule has 2 rings (SSSR count). The number of rotatable bonds is 4. The first-order chi connectivity index (χ1) is 10.1. The molecule has 0 aromatic heterocycles. The molecule has 108 valence electrons. The molecular formula is C17H14Br2O2. The van der Waals surface area contributed by atoms with Crippen molar-refractivity contribution in [2.24, 2.45) is 0 Å². The van der Waals surface area contributed by atoms with Gasteiger partial charge in [-0.05, 0) is 48.4 Å². The van der Waals surface area contributed by atoms with E-state index in [2.05, 4.69) is 31.9 Å². The van der Waals surface area contributed by atoms with Gasteiger partial charge < -0.3 is 4.74 Å². The van der Waals surface area contributed by atoms with Gasteiger partial charge in [-0.2, -0.15) is 0 Å². The van der Waals surface area contributed by atoms with Crippen LogP contribution in [0.1, 0.15) is 18.1 Å². The lowest BCUT2D eigenvalue weighted by molar-refractivity contribution is -0.136. The molecule has 0 heterocycles. The summed E-state index contributed by atoms with van der Waals surface area (Å²) in [5.41, 5.74) is 2.33. The Balaban J connectivity index is 2.42. The number of benzene rings is 2. The summed E-state index contributed by atoms with van der Waals surface area (Å²) in [5.74, 6) is -0.317. The first kappa shape index (κ1) is 16.0. The Hall–Kier alpha value is -1.39. The highest BCUT2D eigenvalue weighted by molar-refractivity contribution is 9.10. The van der Waals surface area contributed by atoms with Crippen LogP contribution < -0.4 is 0 Å². The monoisotopic (exact) mass is 408 g/mol. The van der Waals surface area contributed by atoms with Crippen LogP contribution in [-0.4, -0.2) is 12.6 Å². The minimum atomic E-state index is -0.317. The normalized spacial score (nSPS) is 11.3. The Morgan fingerprint density at radius 2 is 1.52 bits per heavy atom. The van der Waals surface area contributed by atoms with Crippen LogP contribution in [-0.2, 0) is 9.53 Å². The summed E-state index contributed by atoms with van der Waals surface area (Å²) in [7, 11) is 0. The van der Waals surface area contributed by atoms with E-state index >= 15 is 0 Å². The summed E-state index contributed by atoms with van der Waals surface area (Å²) < 4.78 is 7.13. The van der Waals surface area contributed by atoms with Gasteiger partial charge in [-0.1, -0.05) is 56.1 Å². The Kier molecular flexibility index (Phi) is 5.76. The number of ether oxygens (including phenoxy) is 1. The van der Waals surface area contributed by atoms with Crippen LogP contribution in [0.25, 0.3) is 11.6 Å². The van der Waals surface area contributed by atoms with Gasteiger partial charge >= 0.3 is 5.97 Å². The van der Waals surface area contributed by atoms with E-state index in [1.807, 2.05) is 54.6 Å². The fourth-order valence-electron chi connectivity index (χ4n) is 1.82.